The molecule has 1 unspecified atom stereocenters. The molecule has 2 heteroatoms. The van der Waals surface area contributed by atoms with Gasteiger partial charge in [-0.15, -0.1) is 0 Å². The van der Waals surface area contributed by atoms with Gasteiger partial charge in [-0.05, 0) is 42.8 Å². The van der Waals surface area contributed by atoms with Crippen LogP contribution in [0.3, 0.4) is 0 Å². The van der Waals surface area contributed by atoms with Crippen molar-refractivity contribution in [3.05, 3.63) is 29.8 Å². The summed E-state index contributed by atoms with van der Waals surface area (Å²) >= 11 is 0. The van der Waals surface area contributed by atoms with Crippen molar-refractivity contribution in [1.29, 1.82) is 0 Å². The fourth-order valence-corrected chi connectivity index (χ4v) is 1.85. The van der Waals surface area contributed by atoms with Gasteiger partial charge in [0.05, 0.1) is 6.10 Å². The van der Waals surface area contributed by atoms with Crippen LogP contribution in [0.1, 0.15) is 78.4 Å². The first kappa shape index (κ1) is 5.77. The van der Waals surface area contributed by atoms with Crippen LogP contribution in [0.4, 0.5) is 5.69 Å². The van der Waals surface area contributed by atoms with E-state index in [9.17, 15) is 5.11 Å². The Morgan fingerprint density at radius 1 is 1.42 bits per heavy atom. The Bertz CT molecular complexity index is 751. The van der Waals surface area contributed by atoms with E-state index in [1.165, 1.54) is 0 Å². The average Bonchev–Trinajstić information content (AvgIpc) is 2.64. The van der Waals surface area contributed by atoms with Gasteiger partial charge in [-0.1, -0.05) is 44.6 Å². The normalized spacial score (nSPS) is 41.7. The Balaban J connectivity index is 2.46. The Morgan fingerprint density at radius 2 is 2.21 bits per heavy atom. The fraction of sp³-hybridized carbons (Fsp3) is 0.647. The number of hydrogen-bond donors (Lipinski definition) is 2. The quantitative estimate of drug-likeness (QED) is 0.798. The number of nitrogens with one attached hydrogen (secondary N) is 1. The first-order chi connectivity index (χ1) is 13.4. The lowest BCUT2D eigenvalue weighted by Gasteiger charge is -2.22. The van der Waals surface area contributed by atoms with Gasteiger partial charge in [0.15, 0.2) is 0 Å². The summed E-state index contributed by atoms with van der Waals surface area (Å²) in [5.74, 6) is -3.02. The van der Waals surface area contributed by atoms with Gasteiger partial charge in [-0.3, -0.25) is 0 Å². The molecule has 0 aliphatic heterocycles. The molecule has 1 aliphatic rings. The minimum absolute atomic E-state index is 0.315. The van der Waals surface area contributed by atoms with Crippen LogP contribution >= 0.6 is 0 Å². The highest BCUT2D eigenvalue weighted by Crippen LogP contribution is 2.25. The summed E-state index contributed by atoms with van der Waals surface area (Å²) in [5, 5.41) is 12.8. The van der Waals surface area contributed by atoms with Crippen molar-refractivity contribution in [1.82, 2.24) is 0 Å². The lowest BCUT2D eigenvalue weighted by molar-refractivity contribution is 0.166. The maximum atomic E-state index is 10.1. The van der Waals surface area contributed by atoms with E-state index >= 15 is 0 Å². The van der Waals surface area contributed by atoms with E-state index in [0.29, 0.717) is 17.7 Å². The average molecular weight is 272 g/mol. The van der Waals surface area contributed by atoms with Gasteiger partial charge in [0, 0.05) is 27.3 Å². The summed E-state index contributed by atoms with van der Waals surface area (Å²) < 4.78 is 88.8. The molecule has 0 spiro atoms. The van der Waals surface area contributed by atoms with Crippen molar-refractivity contribution < 1.29 is 20.2 Å². The SMILES string of the molecule is [2H]C1([2H])C([2H])([2H])C([2H])([2H])C([2H])(CNc2cccc(C(O)CCC)c2)C([2H])([2H])C1([2H])[2H]. The maximum absolute atomic E-state index is 10.1. The smallest absolute Gasteiger partial charge is 0.0790 e. The second kappa shape index (κ2) is 7.54. The molecule has 1 atom stereocenters. The van der Waals surface area contributed by atoms with Gasteiger partial charge >= 0.3 is 0 Å². The van der Waals surface area contributed by atoms with Gasteiger partial charge in [0.25, 0.3) is 0 Å². The molecule has 0 heterocycles. The van der Waals surface area contributed by atoms with Crippen LogP contribution in [0.2, 0.25) is 0 Å². The molecule has 1 saturated carbocycles. The summed E-state index contributed by atoms with van der Waals surface area (Å²) in [7, 11) is 0. The van der Waals surface area contributed by atoms with E-state index in [4.69, 9.17) is 15.1 Å². The fourth-order valence-electron chi connectivity index (χ4n) is 1.85. The van der Waals surface area contributed by atoms with E-state index in [2.05, 4.69) is 5.32 Å². The number of aliphatic hydroxyl groups excluding tert-OH is 1. The molecule has 0 bridgehead atoms. The van der Waals surface area contributed by atoms with E-state index in [-0.39, 0.29) is 0 Å². The highest BCUT2D eigenvalue weighted by molar-refractivity contribution is 5.46. The molecule has 2 nitrogen and oxygen atoms in total. The molecule has 0 aromatic heterocycles. The number of aliphatic hydroxyl groups is 1. The predicted octanol–water partition coefficient (Wildman–Crippen LogP) is 4.51. The first-order valence-electron chi connectivity index (χ1n) is 11.9. The monoisotopic (exact) mass is 272 g/mol. The summed E-state index contributed by atoms with van der Waals surface area (Å²) in [6, 6.07) is 6.36. The van der Waals surface area contributed by atoms with Crippen molar-refractivity contribution in [2.75, 3.05) is 11.9 Å². The van der Waals surface area contributed by atoms with Crippen molar-refractivity contribution in [3.63, 3.8) is 0 Å². The van der Waals surface area contributed by atoms with Crippen LogP contribution in [0.5, 0.6) is 0 Å². The Kier molecular flexibility index (Phi) is 2.29. The van der Waals surface area contributed by atoms with Crippen molar-refractivity contribution in [2.45, 2.75) is 57.7 Å². The zero-order chi connectivity index (χ0) is 23.4. The maximum Gasteiger partial charge on any atom is 0.0790 e. The number of anilines is 1. The molecular formula is C17H27NO. The van der Waals surface area contributed by atoms with Gasteiger partial charge in [0.1, 0.15) is 0 Å². The van der Waals surface area contributed by atoms with Crippen molar-refractivity contribution in [2.24, 2.45) is 5.89 Å². The molecule has 1 aliphatic carbocycles. The van der Waals surface area contributed by atoms with Crippen LogP contribution in [0, 0.1) is 5.89 Å². The summed E-state index contributed by atoms with van der Waals surface area (Å²) in [6.45, 7) is 1.08. The van der Waals surface area contributed by atoms with E-state index in [1.807, 2.05) is 6.92 Å². The number of rotatable bonds is 6. The van der Waals surface area contributed by atoms with E-state index in [1.54, 1.807) is 24.3 Å². The van der Waals surface area contributed by atoms with Crippen LogP contribution < -0.4 is 5.32 Å². The lowest BCUT2D eigenvalue weighted by atomic mass is 9.89. The topological polar surface area (TPSA) is 32.3 Å². The highest BCUT2D eigenvalue weighted by Gasteiger charge is 2.13. The second-order valence-electron chi connectivity index (χ2n) is 4.39. The third kappa shape index (κ3) is 4.54. The zero-order valence-corrected chi connectivity index (χ0v) is 11.0. The molecular weight excluding hydrogens is 234 g/mol. The molecule has 106 valence electrons. The summed E-state index contributed by atoms with van der Waals surface area (Å²) in [6.07, 6.45) is -16.8. The molecule has 2 rings (SSSR count). The molecule has 0 saturated heterocycles. The van der Waals surface area contributed by atoms with Crippen molar-refractivity contribution >= 4 is 5.69 Å². The first-order valence-corrected chi connectivity index (χ1v) is 6.44. The van der Waals surface area contributed by atoms with Crippen molar-refractivity contribution in [3.8, 4) is 0 Å². The van der Waals surface area contributed by atoms with Crippen LogP contribution in [0.25, 0.3) is 0 Å². The molecule has 1 fully saturated rings. The van der Waals surface area contributed by atoms with Gasteiger partial charge in [-0.25, -0.2) is 0 Å². The standard InChI is InChI=1S/C17H27NO/c1-2-7-17(19)15-10-6-11-16(12-15)18-13-14-8-4-3-5-9-14/h6,10-12,14,17-19H,2-5,7-9,13H2,1H3/i3D2,4D2,5D2,8D2,9D2,14D. The summed E-state index contributed by atoms with van der Waals surface area (Å²) in [4.78, 5) is 0. The Labute approximate surface area is 132 Å². The zero-order valence-electron chi connectivity index (χ0n) is 22.0. The van der Waals surface area contributed by atoms with Crippen LogP contribution in [-0.2, 0) is 0 Å². The molecule has 19 heavy (non-hydrogen) atoms. The Hall–Kier alpha value is -1.02. The lowest BCUT2D eigenvalue weighted by Crippen LogP contribution is -2.17. The Morgan fingerprint density at radius 3 is 2.95 bits per heavy atom. The molecule has 0 amide bonds. The molecule has 0 radical (unpaired) electrons. The van der Waals surface area contributed by atoms with E-state index < -0.39 is 50.4 Å². The van der Waals surface area contributed by atoms with Gasteiger partial charge in [-0.2, -0.15) is 0 Å². The van der Waals surface area contributed by atoms with Crippen LogP contribution in [0.15, 0.2) is 24.3 Å². The molecule has 1 aromatic carbocycles. The third-order valence-electron chi connectivity index (χ3n) is 2.85. The largest absolute Gasteiger partial charge is 0.388 e. The summed E-state index contributed by atoms with van der Waals surface area (Å²) in [5.41, 5.74) is 0.869. The molecule has 2 N–H and O–H groups in total. The van der Waals surface area contributed by atoms with Gasteiger partial charge in [0.2, 0.25) is 0 Å². The number of hydrogen-bond acceptors (Lipinski definition) is 2. The van der Waals surface area contributed by atoms with Crippen LogP contribution in [-0.4, -0.2) is 11.7 Å². The molecule has 1 aromatic rings. The minimum atomic E-state index is -3.53. The van der Waals surface area contributed by atoms with E-state index in [0.717, 1.165) is 6.42 Å². The third-order valence-corrected chi connectivity index (χ3v) is 2.85. The minimum Gasteiger partial charge on any atom is -0.388 e. The predicted molar refractivity (Wildman–Crippen MR) is 81.4 cm³/mol. The second-order valence-corrected chi connectivity index (χ2v) is 4.39. The number of benzene rings is 1. The van der Waals surface area contributed by atoms with Gasteiger partial charge < -0.3 is 10.4 Å². The highest BCUT2D eigenvalue weighted by atomic mass is 16.3.